The third-order valence-corrected chi connectivity index (χ3v) is 7.55. The first-order valence-electron chi connectivity index (χ1n) is 12.8. The molecular formula is C33H26N4O2. The normalized spacial score (nSPS) is 11.7. The third-order valence-electron chi connectivity index (χ3n) is 7.55. The van der Waals surface area contributed by atoms with Gasteiger partial charge in [0.2, 0.25) is 0 Å². The Bertz CT molecular complexity index is 2200. The zero-order chi connectivity index (χ0) is 26.8. The molecule has 0 bridgehead atoms. The van der Waals surface area contributed by atoms with E-state index in [1.807, 2.05) is 12.1 Å². The lowest BCUT2D eigenvalue weighted by molar-refractivity contribution is 0.670. The van der Waals surface area contributed by atoms with Crippen molar-refractivity contribution in [3.63, 3.8) is 0 Å². The molecule has 9 aromatic rings. The summed E-state index contributed by atoms with van der Waals surface area (Å²) in [5.41, 5.74) is 17.3. The maximum Gasteiger partial charge on any atom is 0.160 e. The smallest absolute Gasteiger partial charge is 0.160 e. The number of aryl methyl sites for hydroxylation is 1. The number of hydrogen-bond acceptors (Lipinski definition) is 4. The summed E-state index contributed by atoms with van der Waals surface area (Å²) in [6, 6.07) is 30.1. The molecule has 0 radical (unpaired) electrons. The molecule has 6 heteroatoms. The molecule has 5 aromatic carbocycles. The fourth-order valence-corrected chi connectivity index (χ4v) is 6.19. The van der Waals surface area contributed by atoms with Crippen LogP contribution in [0.15, 0.2) is 93.8 Å². The number of nitrogens with zero attached hydrogens (tertiary/aromatic N) is 1. The number of nitrogens with two attached hydrogens (primary N) is 2. The second kappa shape index (κ2) is 8.48. The van der Waals surface area contributed by atoms with Crippen molar-refractivity contribution in [2.45, 2.75) is 6.92 Å². The van der Waals surface area contributed by atoms with Crippen molar-refractivity contribution in [1.82, 2.24) is 4.40 Å². The van der Waals surface area contributed by atoms with Crippen LogP contribution in [0.3, 0.4) is 0 Å². The lowest BCUT2D eigenvalue weighted by atomic mass is 10.0. The molecule has 0 saturated carbocycles. The number of aromatic nitrogens is 1. The van der Waals surface area contributed by atoms with E-state index in [-0.39, 0.29) is 0 Å². The van der Waals surface area contributed by atoms with Gasteiger partial charge < -0.3 is 24.7 Å². The van der Waals surface area contributed by atoms with Crippen molar-refractivity contribution in [2.75, 3.05) is 7.05 Å². The molecule has 190 valence electrons. The summed E-state index contributed by atoms with van der Waals surface area (Å²) in [6.07, 6.45) is 0.750. The highest BCUT2D eigenvalue weighted by molar-refractivity contribution is 6.31. The Labute approximate surface area is 222 Å². The highest BCUT2D eigenvalue weighted by Crippen LogP contribution is 2.46. The first-order chi connectivity index (χ1) is 19.2. The Kier molecular flexibility index (Phi) is 5.02. The lowest BCUT2D eigenvalue weighted by Crippen LogP contribution is -1.82. The molecule has 0 spiro atoms. The van der Waals surface area contributed by atoms with Crippen LogP contribution in [-0.2, 0) is 0 Å². The summed E-state index contributed by atoms with van der Waals surface area (Å²) in [5.74, 6) is 0. The predicted octanol–water partition coefficient (Wildman–Crippen LogP) is 8.07. The van der Waals surface area contributed by atoms with Crippen molar-refractivity contribution >= 4 is 88.3 Å². The quantitative estimate of drug-likeness (QED) is 0.142. The number of para-hydroxylation sites is 2. The lowest BCUT2D eigenvalue weighted by Gasteiger charge is -2.00. The van der Waals surface area contributed by atoms with Gasteiger partial charge in [0.15, 0.2) is 11.2 Å². The minimum atomic E-state index is 0.750. The van der Waals surface area contributed by atoms with E-state index in [0.29, 0.717) is 0 Å². The van der Waals surface area contributed by atoms with E-state index in [2.05, 4.69) is 95.6 Å². The molecule has 0 atom stereocenters. The van der Waals surface area contributed by atoms with Crippen molar-refractivity contribution in [1.29, 1.82) is 5.41 Å². The van der Waals surface area contributed by atoms with Crippen molar-refractivity contribution in [2.24, 2.45) is 11.5 Å². The minimum Gasteiger partial charge on any atom is -0.454 e. The Balaban J connectivity index is 0.000000477. The van der Waals surface area contributed by atoms with E-state index in [9.17, 15) is 0 Å². The second-order valence-electron chi connectivity index (χ2n) is 9.58. The fourth-order valence-electron chi connectivity index (χ4n) is 6.19. The number of rotatable bonds is 0. The molecule has 5 N–H and O–H groups in total. The molecule has 0 fully saturated rings. The van der Waals surface area contributed by atoms with E-state index < -0.39 is 0 Å². The Morgan fingerprint density at radius 1 is 0.590 bits per heavy atom. The third kappa shape index (κ3) is 2.97. The van der Waals surface area contributed by atoms with Crippen LogP contribution in [0, 0.1) is 12.3 Å². The van der Waals surface area contributed by atoms with E-state index >= 15 is 0 Å². The van der Waals surface area contributed by atoms with Gasteiger partial charge in [-0.2, -0.15) is 0 Å². The number of benzene rings is 5. The van der Waals surface area contributed by atoms with E-state index in [0.717, 1.165) is 61.2 Å². The van der Waals surface area contributed by atoms with Crippen LogP contribution in [0.5, 0.6) is 0 Å². The minimum absolute atomic E-state index is 0.750. The molecule has 0 aliphatic rings. The average Bonchev–Trinajstić information content (AvgIpc) is 3.70. The van der Waals surface area contributed by atoms with E-state index in [1.165, 1.54) is 39.7 Å². The SMILES string of the molecule is CN.Cc1cc2c3ccc4c5ccccc5oc4c3n3c2c(c1)c1ccc2c4ccccc4oc2c13.N=CN. The maximum atomic E-state index is 6.53. The van der Waals surface area contributed by atoms with Crippen molar-refractivity contribution in [3.05, 3.63) is 90.5 Å². The molecular weight excluding hydrogens is 484 g/mol. The zero-order valence-electron chi connectivity index (χ0n) is 21.6. The molecule has 0 saturated heterocycles. The van der Waals surface area contributed by atoms with Gasteiger partial charge in [-0.1, -0.05) is 48.5 Å². The molecule has 9 rings (SSSR count). The topological polar surface area (TPSA) is 107 Å². The number of hydrogen-bond donors (Lipinski definition) is 3. The molecule has 0 unspecified atom stereocenters. The number of nitrogens with one attached hydrogen (secondary N) is 1. The van der Waals surface area contributed by atoms with Gasteiger partial charge in [0.1, 0.15) is 11.2 Å². The van der Waals surface area contributed by atoms with Crippen LogP contribution in [-0.4, -0.2) is 17.8 Å². The molecule has 4 aromatic heterocycles. The summed E-state index contributed by atoms with van der Waals surface area (Å²) < 4.78 is 15.4. The van der Waals surface area contributed by atoms with Crippen LogP contribution in [0.4, 0.5) is 0 Å². The van der Waals surface area contributed by atoms with Crippen molar-refractivity contribution in [3.8, 4) is 0 Å². The average molecular weight is 511 g/mol. The molecule has 0 aliphatic carbocycles. The van der Waals surface area contributed by atoms with Crippen LogP contribution in [0.2, 0.25) is 0 Å². The van der Waals surface area contributed by atoms with Crippen molar-refractivity contribution < 1.29 is 8.83 Å². The maximum absolute atomic E-state index is 6.53. The summed E-state index contributed by atoms with van der Waals surface area (Å²) in [7, 11) is 1.50. The first-order valence-corrected chi connectivity index (χ1v) is 12.8. The molecule has 6 nitrogen and oxygen atoms in total. The summed E-state index contributed by atoms with van der Waals surface area (Å²) in [4.78, 5) is 0. The van der Waals surface area contributed by atoms with Gasteiger partial charge in [0.05, 0.1) is 22.9 Å². The van der Waals surface area contributed by atoms with Gasteiger partial charge in [-0.25, -0.2) is 0 Å². The Hall–Kier alpha value is -5.07. The summed E-state index contributed by atoms with van der Waals surface area (Å²) in [6.45, 7) is 2.18. The van der Waals surface area contributed by atoms with Gasteiger partial charge in [0, 0.05) is 43.1 Å². The van der Waals surface area contributed by atoms with Gasteiger partial charge in [-0.05, 0) is 55.9 Å². The van der Waals surface area contributed by atoms with Gasteiger partial charge >= 0.3 is 0 Å². The predicted molar refractivity (Wildman–Crippen MR) is 163 cm³/mol. The molecule has 0 amide bonds. The largest absolute Gasteiger partial charge is 0.454 e. The van der Waals surface area contributed by atoms with Gasteiger partial charge in [-0.15, -0.1) is 0 Å². The number of furan rings is 2. The van der Waals surface area contributed by atoms with Gasteiger partial charge in [-0.3, -0.25) is 5.41 Å². The highest BCUT2D eigenvalue weighted by Gasteiger charge is 2.24. The van der Waals surface area contributed by atoms with E-state index in [1.54, 1.807) is 0 Å². The Morgan fingerprint density at radius 2 is 1.00 bits per heavy atom. The zero-order valence-corrected chi connectivity index (χ0v) is 21.6. The summed E-state index contributed by atoms with van der Waals surface area (Å²) >= 11 is 0. The highest BCUT2D eigenvalue weighted by atomic mass is 16.3. The fraction of sp³-hybridized carbons (Fsp3) is 0.0606. The first kappa shape index (κ1) is 23.1. The van der Waals surface area contributed by atoms with Crippen LogP contribution < -0.4 is 11.5 Å². The molecule has 39 heavy (non-hydrogen) atoms. The number of fused-ring (bicyclic) bond motifs is 14. The van der Waals surface area contributed by atoms with E-state index in [4.69, 9.17) is 14.2 Å². The second-order valence-corrected chi connectivity index (χ2v) is 9.58. The summed E-state index contributed by atoms with van der Waals surface area (Å²) in [5, 5.41) is 15.4. The van der Waals surface area contributed by atoms with Crippen LogP contribution in [0.1, 0.15) is 5.56 Å². The standard InChI is InChI=1S/C31H17NO2.CH4N2.CH5N/c1-16-14-23-19-10-12-21-17-6-2-4-8-25(17)33-30(21)28(19)32-27(23)24(15-16)20-11-13-22-18-7-3-5-9-26(18)34-31(22)29(20)32;2-1-3;1-2/h2-15H,1H3;1H,(H3,2,3);2H2,1H3. The molecule has 0 aliphatic heterocycles. The van der Waals surface area contributed by atoms with Crippen LogP contribution >= 0.6 is 0 Å². The van der Waals surface area contributed by atoms with Gasteiger partial charge in [0.25, 0.3) is 0 Å². The monoisotopic (exact) mass is 510 g/mol. The Morgan fingerprint density at radius 3 is 1.46 bits per heavy atom. The molecule has 4 heterocycles. The van der Waals surface area contributed by atoms with Crippen LogP contribution in [0.25, 0.3) is 82.0 Å².